The van der Waals surface area contributed by atoms with Crippen LogP contribution in [0, 0.1) is 23.7 Å². The lowest BCUT2D eigenvalue weighted by atomic mass is 9.76. The minimum absolute atomic E-state index is 0.0220. The molecule has 0 amide bonds. The molecule has 2 bridgehead atoms. The number of fused-ring (bicyclic) bond motifs is 2. The first-order valence-electron chi connectivity index (χ1n) is 7.22. The van der Waals surface area contributed by atoms with Crippen LogP contribution in [-0.4, -0.2) is 11.6 Å². The maximum atomic E-state index is 12.1. The van der Waals surface area contributed by atoms with E-state index in [0.29, 0.717) is 11.8 Å². The average Bonchev–Trinajstić information content (AvgIpc) is 2.88. The van der Waals surface area contributed by atoms with Crippen molar-refractivity contribution in [2.75, 3.05) is 0 Å². The Labute approximate surface area is 105 Å². The van der Waals surface area contributed by atoms with Gasteiger partial charge in [-0.15, -0.1) is 0 Å². The number of rotatable bonds is 4. The van der Waals surface area contributed by atoms with E-state index in [0.717, 1.165) is 18.8 Å². The summed E-state index contributed by atoms with van der Waals surface area (Å²) in [4.78, 5) is 12.1. The molecule has 2 nitrogen and oxygen atoms in total. The van der Waals surface area contributed by atoms with Crippen molar-refractivity contribution < 1.29 is 9.53 Å². The molecule has 2 rings (SSSR count). The van der Waals surface area contributed by atoms with Gasteiger partial charge in [0.2, 0.25) is 0 Å². The van der Waals surface area contributed by atoms with Gasteiger partial charge in [0.15, 0.2) is 0 Å². The maximum absolute atomic E-state index is 12.1. The van der Waals surface area contributed by atoms with Gasteiger partial charge >= 0.3 is 5.97 Å². The molecule has 0 radical (unpaired) electrons. The zero-order valence-electron chi connectivity index (χ0n) is 11.7. The van der Waals surface area contributed by atoms with Crippen LogP contribution in [0.3, 0.4) is 0 Å². The zero-order chi connectivity index (χ0) is 12.6. The molecule has 0 aromatic heterocycles. The first-order valence-corrected chi connectivity index (χ1v) is 7.22. The van der Waals surface area contributed by atoms with E-state index in [2.05, 4.69) is 20.8 Å². The molecule has 4 unspecified atom stereocenters. The molecule has 0 heterocycles. The van der Waals surface area contributed by atoms with E-state index in [1.54, 1.807) is 0 Å². The van der Waals surface area contributed by atoms with E-state index in [1.165, 1.54) is 19.3 Å². The Morgan fingerprint density at radius 3 is 2.47 bits per heavy atom. The van der Waals surface area contributed by atoms with E-state index < -0.39 is 0 Å². The summed E-state index contributed by atoms with van der Waals surface area (Å²) in [5.41, 5.74) is -0.135. The van der Waals surface area contributed by atoms with Gasteiger partial charge in [-0.05, 0) is 49.9 Å². The molecule has 17 heavy (non-hydrogen) atoms. The number of hydrogen-bond acceptors (Lipinski definition) is 2. The minimum Gasteiger partial charge on any atom is -0.458 e. The number of ether oxygens (including phenoxy) is 1. The van der Waals surface area contributed by atoms with Crippen LogP contribution in [-0.2, 0) is 9.53 Å². The van der Waals surface area contributed by atoms with Gasteiger partial charge in [-0.1, -0.05) is 27.7 Å². The van der Waals surface area contributed by atoms with Crippen LogP contribution in [0.4, 0.5) is 0 Å². The summed E-state index contributed by atoms with van der Waals surface area (Å²) in [6.45, 7) is 8.45. The summed E-state index contributed by atoms with van der Waals surface area (Å²) in [6.07, 6.45) is 5.88. The second-order valence-electron chi connectivity index (χ2n) is 6.42. The normalized spacial score (nSPS) is 37.5. The van der Waals surface area contributed by atoms with Crippen molar-refractivity contribution in [3.63, 3.8) is 0 Å². The Bertz CT molecular complexity index is 297. The van der Waals surface area contributed by atoms with Gasteiger partial charge < -0.3 is 4.74 Å². The molecule has 4 atom stereocenters. The van der Waals surface area contributed by atoms with Crippen molar-refractivity contribution in [1.29, 1.82) is 0 Å². The molecule has 0 N–H and O–H groups in total. The fraction of sp³-hybridized carbons (Fsp3) is 0.933. The van der Waals surface area contributed by atoms with Crippen molar-refractivity contribution in [2.45, 2.75) is 65.4 Å². The van der Waals surface area contributed by atoms with Gasteiger partial charge in [0.25, 0.3) is 0 Å². The highest BCUT2D eigenvalue weighted by Crippen LogP contribution is 2.55. The maximum Gasteiger partial charge on any atom is 0.309 e. The highest BCUT2D eigenvalue weighted by Gasteiger charge is 2.55. The van der Waals surface area contributed by atoms with Crippen molar-refractivity contribution in [2.24, 2.45) is 23.7 Å². The SMILES string of the molecule is CCC(C)C(=O)OC1(C(C)C)CC2CCC1C2. The third-order valence-electron chi connectivity index (χ3n) is 5.12. The Hall–Kier alpha value is -0.530. The van der Waals surface area contributed by atoms with Crippen molar-refractivity contribution in [3.8, 4) is 0 Å². The molecule has 0 saturated heterocycles. The Morgan fingerprint density at radius 1 is 1.35 bits per heavy atom. The first-order chi connectivity index (χ1) is 7.99. The monoisotopic (exact) mass is 238 g/mol. The molecular weight excluding hydrogens is 212 g/mol. The van der Waals surface area contributed by atoms with Crippen LogP contribution < -0.4 is 0 Å². The Morgan fingerprint density at radius 2 is 2.06 bits per heavy atom. The summed E-state index contributed by atoms with van der Waals surface area (Å²) in [7, 11) is 0. The third-order valence-corrected chi connectivity index (χ3v) is 5.12. The summed E-state index contributed by atoms with van der Waals surface area (Å²) < 4.78 is 6.01. The molecule has 0 aromatic rings. The summed E-state index contributed by atoms with van der Waals surface area (Å²) in [5.74, 6) is 1.96. The second-order valence-corrected chi connectivity index (χ2v) is 6.42. The van der Waals surface area contributed by atoms with E-state index in [9.17, 15) is 4.79 Å². The van der Waals surface area contributed by atoms with Gasteiger partial charge in [-0.25, -0.2) is 0 Å². The smallest absolute Gasteiger partial charge is 0.309 e. The van der Waals surface area contributed by atoms with Crippen LogP contribution in [0.1, 0.15) is 59.8 Å². The topological polar surface area (TPSA) is 26.3 Å². The van der Waals surface area contributed by atoms with Crippen LogP contribution >= 0.6 is 0 Å². The Kier molecular flexibility index (Phi) is 3.51. The van der Waals surface area contributed by atoms with E-state index in [1.807, 2.05) is 6.92 Å². The average molecular weight is 238 g/mol. The molecule has 2 aliphatic carbocycles. The summed E-state index contributed by atoms with van der Waals surface area (Å²) in [6, 6.07) is 0. The number of esters is 1. The van der Waals surface area contributed by atoms with E-state index >= 15 is 0 Å². The molecule has 2 fully saturated rings. The highest BCUT2D eigenvalue weighted by atomic mass is 16.6. The molecule has 0 aliphatic heterocycles. The highest BCUT2D eigenvalue weighted by molar-refractivity contribution is 5.72. The van der Waals surface area contributed by atoms with Gasteiger partial charge in [-0.3, -0.25) is 4.79 Å². The fourth-order valence-electron chi connectivity index (χ4n) is 3.73. The predicted octanol–water partition coefficient (Wildman–Crippen LogP) is 3.79. The fourth-order valence-corrected chi connectivity index (χ4v) is 3.73. The predicted molar refractivity (Wildman–Crippen MR) is 68.6 cm³/mol. The Balaban J connectivity index is 2.11. The molecule has 2 heteroatoms. The van der Waals surface area contributed by atoms with Gasteiger partial charge in [0.05, 0.1) is 5.92 Å². The lowest BCUT2D eigenvalue weighted by molar-refractivity contribution is -0.177. The minimum atomic E-state index is -0.135. The zero-order valence-corrected chi connectivity index (χ0v) is 11.7. The van der Waals surface area contributed by atoms with Gasteiger partial charge in [-0.2, -0.15) is 0 Å². The third kappa shape index (κ3) is 2.11. The lowest BCUT2D eigenvalue weighted by Crippen LogP contribution is -2.46. The largest absolute Gasteiger partial charge is 0.458 e. The number of carbonyl (C=O) groups excluding carboxylic acids is 1. The number of carbonyl (C=O) groups is 1. The van der Waals surface area contributed by atoms with Crippen LogP contribution in [0.15, 0.2) is 0 Å². The molecule has 2 saturated carbocycles. The van der Waals surface area contributed by atoms with Crippen molar-refractivity contribution in [3.05, 3.63) is 0 Å². The molecule has 2 aliphatic rings. The standard InChI is InChI=1S/C15H26O2/c1-5-11(4)14(16)17-15(10(2)3)9-12-6-7-13(15)8-12/h10-13H,5-9H2,1-4H3. The molecule has 0 spiro atoms. The lowest BCUT2D eigenvalue weighted by Gasteiger charge is -2.41. The van der Waals surface area contributed by atoms with Crippen LogP contribution in [0.25, 0.3) is 0 Å². The molecule has 98 valence electrons. The van der Waals surface area contributed by atoms with E-state index in [4.69, 9.17) is 4.74 Å². The van der Waals surface area contributed by atoms with Gasteiger partial charge in [0, 0.05) is 0 Å². The first kappa shape index (κ1) is 12.9. The van der Waals surface area contributed by atoms with Crippen LogP contribution in [0.5, 0.6) is 0 Å². The van der Waals surface area contributed by atoms with Gasteiger partial charge in [0.1, 0.15) is 5.60 Å². The van der Waals surface area contributed by atoms with E-state index in [-0.39, 0.29) is 17.5 Å². The number of hydrogen-bond donors (Lipinski definition) is 0. The second kappa shape index (κ2) is 4.62. The quantitative estimate of drug-likeness (QED) is 0.696. The molecular formula is C15H26O2. The summed E-state index contributed by atoms with van der Waals surface area (Å²) >= 11 is 0. The molecule has 0 aromatic carbocycles. The van der Waals surface area contributed by atoms with Crippen molar-refractivity contribution >= 4 is 5.97 Å². The summed E-state index contributed by atoms with van der Waals surface area (Å²) in [5, 5.41) is 0. The van der Waals surface area contributed by atoms with Crippen molar-refractivity contribution in [1.82, 2.24) is 0 Å². The van der Waals surface area contributed by atoms with Crippen LogP contribution in [0.2, 0.25) is 0 Å².